The Labute approximate surface area is 109 Å². The molecule has 1 aromatic carbocycles. The van der Waals surface area contributed by atoms with Crippen LogP contribution in [0.1, 0.15) is 35.3 Å². The molecule has 2 rings (SSSR count). The van der Waals surface area contributed by atoms with Crippen LogP contribution in [0.3, 0.4) is 0 Å². The van der Waals surface area contributed by atoms with Gasteiger partial charge in [-0.2, -0.15) is 0 Å². The lowest BCUT2D eigenvalue weighted by atomic mass is 10.1. The molecule has 0 aliphatic carbocycles. The fourth-order valence-corrected chi connectivity index (χ4v) is 2.40. The van der Waals surface area contributed by atoms with Crippen molar-refractivity contribution in [2.24, 2.45) is 0 Å². The number of benzene rings is 1. The second-order valence-electron chi connectivity index (χ2n) is 4.43. The molecule has 0 bridgehead atoms. The molecule has 1 aliphatic heterocycles. The second kappa shape index (κ2) is 4.72. The van der Waals surface area contributed by atoms with E-state index in [1.54, 1.807) is 31.2 Å². The predicted octanol–water partition coefficient (Wildman–Crippen LogP) is 1.13. The highest BCUT2D eigenvalue weighted by molar-refractivity contribution is 6.01. The zero-order valence-electron chi connectivity index (χ0n) is 10.2. The molecule has 6 heteroatoms. The average molecular weight is 263 g/mol. The van der Waals surface area contributed by atoms with Crippen LogP contribution >= 0.6 is 0 Å². The van der Waals surface area contributed by atoms with E-state index >= 15 is 0 Å². The highest BCUT2D eigenvalue weighted by Crippen LogP contribution is 2.35. The first-order valence-electron chi connectivity index (χ1n) is 5.79. The fourth-order valence-electron chi connectivity index (χ4n) is 2.40. The van der Waals surface area contributed by atoms with E-state index in [0.29, 0.717) is 5.56 Å². The largest absolute Gasteiger partial charge is 0.481 e. The van der Waals surface area contributed by atoms with Crippen molar-refractivity contribution in [3.05, 3.63) is 35.4 Å². The van der Waals surface area contributed by atoms with Crippen molar-refractivity contribution in [3.63, 3.8) is 0 Å². The van der Waals surface area contributed by atoms with Gasteiger partial charge in [0.1, 0.15) is 6.04 Å². The van der Waals surface area contributed by atoms with Crippen molar-refractivity contribution in [3.8, 4) is 0 Å². The summed E-state index contributed by atoms with van der Waals surface area (Å²) in [7, 11) is 0. The molecule has 1 amide bonds. The van der Waals surface area contributed by atoms with Gasteiger partial charge in [-0.05, 0) is 18.6 Å². The third-order valence-corrected chi connectivity index (χ3v) is 3.28. The molecule has 2 N–H and O–H groups in total. The Balaban J connectivity index is 2.39. The number of aliphatic carboxylic acids is 2. The molecular formula is C13H13NO5. The minimum Gasteiger partial charge on any atom is -0.481 e. The maximum absolute atomic E-state index is 12.2. The number of carboxylic acid groups (broad SMARTS) is 2. The standard InChI is InChI=1S/C13H13NO5/c1-7-8-4-2-3-5-9(8)12(17)14(7)10(13(18)19)6-11(15)16/h2-5,7,10H,6H2,1H3,(H,15,16)(H,18,19). The molecule has 2 unspecified atom stereocenters. The molecule has 1 heterocycles. The number of carbonyl (C=O) groups excluding carboxylic acids is 1. The highest BCUT2D eigenvalue weighted by Gasteiger charge is 2.41. The predicted molar refractivity (Wildman–Crippen MR) is 64.7 cm³/mol. The number of carboxylic acids is 2. The molecule has 0 saturated heterocycles. The van der Waals surface area contributed by atoms with Gasteiger partial charge in [-0.15, -0.1) is 0 Å². The third-order valence-electron chi connectivity index (χ3n) is 3.28. The maximum Gasteiger partial charge on any atom is 0.327 e. The van der Waals surface area contributed by atoms with Crippen molar-refractivity contribution in [2.75, 3.05) is 0 Å². The van der Waals surface area contributed by atoms with E-state index in [1.165, 1.54) is 0 Å². The lowest BCUT2D eigenvalue weighted by Gasteiger charge is -2.27. The normalized spacial score (nSPS) is 19.1. The quantitative estimate of drug-likeness (QED) is 0.849. The van der Waals surface area contributed by atoms with Crippen LogP contribution in [0.4, 0.5) is 0 Å². The summed E-state index contributed by atoms with van der Waals surface area (Å²) in [6.45, 7) is 1.70. The minimum atomic E-state index is -1.35. The van der Waals surface area contributed by atoms with E-state index in [4.69, 9.17) is 10.2 Å². The van der Waals surface area contributed by atoms with Crippen molar-refractivity contribution >= 4 is 17.8 Å². The summed E-state index contributed by atoms with van der Waals surface area (Å²) in [4.78, 5) is 35.3. The van der Waals surface area contributed by atoms with Gasteiger partial charge in [0, 0.05) is 5.56 Å². The van der Waals surface area contributed by atoms with Gasteiger partial charge in [-0.1, -0.05) is 18.2 Å². The number of hydrogen-bond donors (Lipinski definition) is 2. The molecule has 19 heavy (non-hydrogen) atoms. The van der Waals surface area contributed by atoms with Crippen LogP contribution in [0.15, 0.2) is 24.3 Å². The van der Waals surface area contributed by atoms with Crippen molar-refractivity contribution < 1.29 is 24.6 Å². The molecule has 0 spiro atoms. The number of amides is 1. The Morgan fingerprint density at radius 1 is 1.32 bits per heavy atom. The molecule has 0 saturated carbocycles. The SMILES string of the molecule is CC1c2ccccc2C(=O)N1C(CC(=O)O)C(=O)O. The van der Waals surface area contributed by atoms with Gasteiger partial charge in [-0.3, -0.25) is 9.59 Å². The van der Waals surface area contributed by atoms with E-state index in [2.05, 4.69) is 0 Å². The molecule has 1 aromatic rings. The Morgan fingerprint density at radius 2 is 1.95 bits per heavy atom. The van der Waals surface area contributed by atoms with Gasteiger partial charge in [0.15, 0.2) is 0 Å². The molecule has 0 fully saturated rings. The first kappa shape index (κ1) is 13.1. The molecular weight excluding hydrogens is 250 g/mol. The van der Waals surface area contributed by atoms with Crippen LogP contribution in [0.2, 0.25) is 0 Å². The number of nitrogens with zero attached hydrogens (tertiary/aromatic N) is 1. The van der Waals surface area contributed by atoms with Gasteiger partial charge in [-0.25, -0.2) is 4.79 Å². The van der Waals surface area contributed by atoms with E-state index in [9.17, 15) is 14.4 Å². The maximum atomic E-state index is 12.2. The van der Waals surface area contributed by atoms with E-state index in [1.807, 2.05) is 0 Å². The van der Waals surface area contributed by atoms with Gasteiger partial charge < -0.3 is 15.1 Å². The summed E-state index contributed by atoms with van der Waals surface area (Å²) in [5, 5.41) is 17.9. The molecule has 100 valence electrons. The van der Waals surface area contributed by atoms with Crippen LogP contribution < -0.4 is 0 Å². The Kier molecular flexibility index (Phi) is 3.25. The van der Waals surface area contributed by atoms with Gasteiger partial charge >= 0.3 is 11.9 Å². The summed E-state index contributed by atoms with van der Waals surface area (Å²) in [6, 6.07) is 5.03. The monoisotopic (exact) mass is 263 g/mol. The number of carbonyl (C=O) groups is 3. The summed E-state index contributed by atoms with van der Waals surface area (Å²) in [6.07, 6.45) is -0.612. The van der Waals surface area contributed by atoms with E-state index < -0.39 is 36.4 Å². The highest BCUT2D eigenvalue weighted by atomic mass is 16.4. The smallest absolute Gasteiger partial charge is 0.327 e. The van der Waals surface area contributed by atoms with Crippen LogP contribution in [0.25, 0.3) is 0 Å². The summed E-state index contributed by atoms with van der Waals surface area (Å²) in [5.41, 5.74) is 1.16. The second-order valence-corrected chi connectivity index (χ2v) is 4.43. The first-order chi connectivity index (χ1) is 8.93. The minimum absolute atomic E-state index is 0.434. The topological polar surface area (TPSA) is 94.9 Å². The molecule has 6 nitrogen and oxygen atoms in total. The zero-order valence-corrected chi connectivity index (χ0v) is 10.2. The van der Waals surface area contributed by atoms with E-state index in [0.717, 1.165) is 10.5 Å². The lowest BCUT2D eigenvalue weighted by molar-refractivity contribution is -0.149. The molecule has 1 aliphatic rings. The van der Waals surface area contributed by atoms with Crippen LogP contribution in [-0.2, 0) is 9.59 Å². The van der Waals surface area contributed by atoms with Gasteiger partial charge in [0.25, 0.3) is 5.91 Å². The summed E-state index contributed by atoms with van der Waals surface area (Å²) < 4.78 is 0. The Hall–Kier alpha value is -2.37. The third kappa shape index (κ3) is 2.16. The average Bonchev–Trinajstić information content (AvgIpc) is 2.60. The van der Waals surface area contributed by atoms with Crippen molar-refractivity contribution in [1.82, 2.24) is 4.90 Å². The molecule has 0 aromatic heterocycles. The van der Waals surface area contributed by atoms with Crippen LogP contribution in [0, 0.1) is 0 Å². The summed E-state index contributed by atoms with van der Waals surface area (Å²) in [5.74, 6) is -2.99. The Bertz CT molecular complexity index is 554. The Morgan fingerprint density at radius 3 is 2.47 bits per heavy atom. The van der Waals surface area contributed by atoms with Crippen LogP contribution in [0.5, 0.6) is 0 Å². The van der Waals surface area contributed by atoms with Gasteiger partial charge in [0.05, 0.1) is 12.5 Å². The number of fused-ring (bicyclic) bond motifs is 1. The van der Waals surface area contributed by atoms with Crippen molar-refractivity contribution in [1.29, 1.82) is 0 Å². The number of hydrogen-bond acceptors (Lipinski definition) is 3. The molecule has 0 radical (unpaired) electrons. The fraction of sp³-hybridized carbons (Fsp3) is 0.308. The lowest BCUT2D eigenvalue weighted by Crippen LogP contribution is -2.44. The first-order valence-corrected chi connectivity index (χ1v) is 5.79. The van der Waals surface area contributed by atoms with Crippen molar-refractivity contribution in [2.45, 2.75) is 25.4 Å². The van der Waals surface area contributed by atoms with E-state index in [-0.39, 0.29) is 0 Å². The van der Waals surface area contributed by atoms with Crippen LogP contribution in [-0.4, -0.2) is 39.0 Å². The van der Waals surface area contributed by atoms with Gasteiger partial charge in [0.2, 0.25) is 0 Å². The molecule has 2 atom stereocenters. The summed E-state index contributed by atoms with van der Waals surface area (Å²) >= 11 is 0. The number of rotatable bonds is 4. The zero-order chi connectivity index (χ0) is 14.2.